The molecule has 1 aliphatic heterocycles. The lowest BCUT2D eigenvalue weighted by Crippen LogP contribution is -2.44. The van der Waals surface area contributed by atoms with Gasteiger partial charge in [0, 0.05) is 36.3 Å². The molecule has 25 heavy (non-hydrogen) atoms. The smallest absolute Gasteiger partial charge is 0.244 e. The van der Waals surface area contributed by atoms with Gasteiger partial charge in [0.05, 0.1) is 0 Å². The van der Waals surface area contributed by atoms with Crippen molar-refractivity contribution in [1.29, 1.82) is 0 Å². The molecule has 0 saturated carbocycles. The van der Waals surface area contributed by atoms with Gasteiger partial charge in [0.15, 0.2) is 0 Å². The fraction of sp³-hybridized carbons (Fsp3) is 0.286. The monoisotopic (exact) mass is 355 g/mol. The van der Waals surface area contributed by atoms with Crippen molar-refractivity contribution in [3.05, 3.63) is 76.8 Å². The first-order valence-corrected chi connectivity index (χ1v) is 8.91. The van der Waals surface area contributed by atoms with Crippen LogP contribution in [0.25, 0.3) is 6.08 Å². The zero-order chi connectivity index (χ0) is 17.5. The van der Waals surface area contributed by atoms with E-state index in [-0.39, 0.29) is 11.3 Å². The van der Waals surface area contributed by atoms with Gasteiger partial charge in [-0.05, 0) is 42.2 Å². The zero-order valence-corrected chi connectivity index (χ0v) is 14.8. The second kappa shape index (κ2) is 8.32. The average Bonchev–Trinajstić information content (AvgIpc) is 2.67. The molecule has 0 unspecified atom stereocenters. The summed E-state index contributed by atoms with van der Waals surface area (Å²) in [5.41, 5.74) is 2.16. The molecule has 0 bridgehead atoms. The van der Waals surface area contributed by atoms with Crippen LogP contribution in [0, 0.1) is 0 Å². The van der Waals surface area contributed by atoms with Crippen LogP contribution in [0.5, 0.6) is 0 Å². The summed E-state index contributed by atoms with van der Waals surface area (Å²) < 4.78 is 5.53. The molecule has 0 atom stereocenters. The molecule has 1 N–H and O–H groups in total. The number of amides is 1. The molecule has 0 aliphatic carbocycles. The van der Waals surface area contributed by atoms with Crippen LogP contribution in [0.4, 0.5) is 0 Å². The Morgan fingerprint density at radius 3 is 2.44 bits per heavy atom. The van der Waals surface area contributed by atoms with Gasteiger partial charge in [0.25, 0.3) is 0 Å². The van der Waals surface area contributed by atoms with E-state index < -0.39 is 0 Å². The van der Waals surface area contributed by atoms with E-state index in [9.17, 15) is 4.79 Å². The maximum absolute atomic E-state index is 12.2. The van der Waals surface area contributed by atoms with Crippen molar-refractivity contribution in [3.8, 4) is 0 Å². The van der Waals surface area contributed by atoms with Gasteiger partial charge in [-0.15, -0.1) is 0 Å². The van der Waals surface area contributed by atoms with Crippen LogP contribution in [0.15, 0.2) is 60.7 Å². The number of halogens is 1. The van der Waals surface area contributed by atoms with Gasteiger partial charge in [-0.1, -0.05) is 54.1 Å². The highest BCUT2D eigenvalue weighted by atomic mass is 35.5. The van der Waals surface area contributed by atoms with E-state index in [2.05, 4.69) is 29.6 Å². The molecule has 3 nitrogen and oxygen atoms in total. The number of nitrogens with one attached hydrogen (secondary N) is 1. The Morgan fingerprint density at radius 1 is 1.08 bits per heavy atom. The van der Waals surface area contributed by atoms with Gasteiger partial charge in [-0.2, -0.15) is 0 Å². The molecular weight excluding hydrogens is 334 g/mol. The standard InChI is InChI=1S/C21H22ClNO2/c22-19-9-6-17(7-10-19)8-11-20(24)23-16-21(12-14-25-15-13-21)18-4-2-1-3-5-18/h1-11H,12-16H2,(H,23,24)/b11-8+. The van der Waals surface area contributed by atoms with Crippen molar-refractivity contribution in [2.75, 3.05) is 19.8 Å². The molecule has 0 spiro atoms. The molecule has 4 heteroatoms. The third-order valence-corrected chi connectivity index (χ3v) is 4.99. The molecular formula is C21H22ClNO2. The first-order chi connectivity index (χ1) is 12.2. The molecule has 1 amide bonds. The van der Waals surface area contributed by atoms with Crippen molar-refractivity contribution >= 4 is 23.6 Å². The predicted octanol–water partition coefficient (Wildman–Crippen LogP) is 4.22. The van der Waals surface area contributed by atoms with Crippen LogP contribution in [0.1, 0.15) is 24.0 Å². The van der Waals surface area contributed by atoms with Gasteiger partial charge in [-0.25, -0.2) is 0 Å². The van der Waals surface area contributed by atoms with Crippen LogP contribution in [-0.2, 0) is 14.9 Å². The molecule has 3 rings (SSSR count). The molecule has 0 radical (unpaired) electrons. The molecule has 1 heterocycles. The van der Waals surface area contributed by atoms with Gasteiger partial charge in [0.2, 0.25) is 5.91 Å². The number of ether oxygens (including phenoxy) is 1. The highest BCUT2D eigenvalue weighted by Gasteiger charge is 2.34. The number of hydrogen-bond acceptors (Lipinski definition) is 2. The zero-order valence-electron chi connectivity index (χ0n) is 14.1. The highest BCUT2D eigenvalue weighted by Crippen LogP contribution is 2.34. The van der Waals surface area contributed by atoms with Crippen molar-refractivity contribution in [2.45, 2.75) is 18.3 Å². The van der Waals surface area contributed by atoms with Gasteiger partial charge < -0.3 is 10.1 Å². The van der Waals surface area contributed by atoms with Crippen LogP contribution >= 0.6 is 11.6 Å². The largest absolute Gasteiger partial charge is 0.381 e. The van der Waals surface area contributed by atoms with Crippen LogP contribution in [-0.4, -0.2) is 25.7 Å². The van der Waals surface area contributed by atoms with E-state index in [0.29, 0.717) is 11.6 Å². The molecule has 0 aromatic heterocycles. The number of rotatable bonds is 5. The third kappa shape index (κ3) is 4.71. The van der Waals surface area contributed by atoms with Crippen LogP contribution < -0.4 is 5.32 Å². The molecule has 130 valence electrons. The number of carbonyl (C=O) groups is 1. The first-order valence-electron chi connectivity index (χ1n) is 8.53. The summed E-state index contributed by atoms with van der Waals surface area (Å²) in [5.74, 6) is -0.0863. The highest BCUT2D eigenvalue weighted by molar-refractivity contribution is 6.30. The Kier molecular flexibility index (Phi) is 5.90. The van der Waals surface area contributed by atoms with E-state index >= 15 is 0 Å². The Bertz CT molecular complexity index is 719. The summed E-state index contributed by atoms with van der Waals surface area (Å²) in [5, 5.41) is 3.75. The molecule has 1 saturated heterocycles. The fourth-order valence-electron chi connectivity index (χ4n) is 3.18. The molecule has 2 aromatic carbocycles. The van der Waals surface area contributed by atoms with Crippen LogP contribution in [0.3, 0.4) is 0 Å². The summed E-state index contributed by atoms with van der Waals surface area (Å²) in [6, 6.07) is 17.8. The molecule has 2 aromatic rings. The summed E-state index contributed by atoms with van der Waals surface area (Å²) >= 11 is 5.87. The van der Waals surface area contributed by atoms with Gasteiger partial charge in [-0.3, -0.25) is 4.79 Å². The first kappa shape index (κ1) is 17.7. The minimum atomic E-state index is -0.0863. The SMILES string of the molecule is O=C(/C=C/c1ccc(Cl)cc1)NCC1(c2ccccc2)CCOCC1. The third-order valence-electron chi connectivity index (χ3n) is 4.73. The lowest BCUT2D eigenvalue weighted by Gasteiger charge is -2.37. The van der Waals surface area contributed by atoms with Crippen molar-refractivity contribution < 1.29 is 9.53 Å². The number of carbonyl (C=O) groups excluding carboxylic acids is 1. The Morgan fingerprint density at radius 2 is 1.76 bits per heavy atom. The summed E-state index contributed by atoms with van der Waals surface area (Å²) in [6.07, 6.45) is 5.20. The summed E-state index contributed by atoms with van der Waals surface area (Å²) in [4.78, 5) is 12.2. The summed E-state index contributed by atoms with van der Waals surface area (Å²) in [6.45, 7) is 2.07. The minimum absolute atomic E-state index is 0.0523. The van der Waals surface area contributed by atoms with Crippen LogP contribution in [0.2, 0.25) is 5.02 Å². The van der Waals surface area contributed by atoms with E-state index in [1.807, 2.05) is 30.3 Å². The van der Waals surface area contributed by atoms with Crippen molar-refractivity contribution in [2.24, 2.45) is 0 Å². The maximum atomic E-state index is 12.2. The Labute approximate surface area is 153 Å². The lowest BCUT2D eigenvalue weighted by atomic mass is 9.74. The lowest BCUT2D eigenvalue weighted by molar-refractivity contribution is -0.116. The van der Waals surface area contributed by atoms with Gasteiger partial charge in [0.1, 0.15) is 0 Å². The molecule has 1 aliphatic rings. The normalized spacial score (nSPS) is 16.7. The Balaban J connectivity index is 1.65. The van der Waals surface area contributed by atoms with E-state index in [1.54, 1.807) is 12.2 Å². The quantitative estimate of drug-likeness (QED) is 0.815. The number of hydrogen-bond donors (Lipinski definition) is 1. The predicted molar refractivity (Wildman–Crippen MR) is 102 cm³/mol. The Hall–Kier alpha value is -2.10. The van der Waals surface area contributed by atoms with E-state index in [4.69, 9.17) is 16.3 Å². The van der Waals surface area contributed by atoms with E-state index in [0.717, 1.165) is 31.6 Å². The number of benzene rings is 2. The topological polar surface area (TPSA) is 38.3 Å². The van der Waals surface area contributed by atoms with E-state index in [1.165, 1.54) is 5.56 Å². The van der Waals surface area contributed by atoms with Crippen molar-refractivity contribution in [1.82, 2.24) is 5.32 Å². The average molecular weight is 356 g/mol. The minimum Gasteiger partial charge on any atom is -0.381 e. The maximum Gasteiger partial charge on any atom is 0.244 e. The second-order valence-electron chi connectivity index (χ2n) is 6.36. The van der Waals surface area contributed by atoms with Crippen molar-refractivity contribution in [3.63, 3.8) is 0 Å². The molecule has 1 fully saturated rings. The summed E-state index contributed by atoms with van der Waals surface area (Å²) in [7, 11) is 0. The fourth-order valence-corrected chi connectivity index (χ4v) is 3.31. The van der Waals surface area contributed by atoms with Gasteiger partial charge >= 0.3 is 0 Å². The second-order valence-corrected chi connectivity index (χ2v) is 6.80.